The Morgan fingerprint density at radius 3 is 1.51 bits per heavy atom. The van der Waals surface area contributed by atoms with Crippen molar-refractivity contribution in [2.45, 2.75) is 224 Å². The highest BCUT2D eigenvalue weighted by Gasteiger charge is 2.44. The third-order valence-corrected chi connectivity index (χ3v) is 9.71. The molecule has 0 aliphatic carbocycles. The fraction of sp³-hybridized carbons (Fsp3) is 0.974. The average molecular weight is 674 g/mol. The van der Waals surface area contributed by atoms with Crippen LogP contribution in [0, 0.1) is 0 Å². The summed E-state index contributed by atoms with van der Waals surface area (Å²) in [6.07, 6.45) is 22.6. The van der Waals surface area contributed by atoms with Crippen molar-refractivity contribution in [3.05, 3.63) is 0 Å². The van der Waals surface area contributed by atoms with Crippen LogP contribution >= 0.6 is 0 Å². The lowest BCUT2D eigenvalue weighted by Crippen LogP contribution is -2.60. The summed E-state index contributed by atoms with van der Waals surface area (Å²) in [7, 11) is 0. The van der Waals surface area contributed by atoms with Crippen LogP contribution in [-0.4, -0.2) is 87.5 Å². The van der Waals surface area contributed by atoms with Crippen molar-refractivity contribution in [1.82, 2.24) is 5.32 Å². The molecule has 0 aromatic heterocycles. The molecule has 280 valence electrons. The maximum Gasteiger partial charge on any atom is 0.220 e. The lowest BCUT2D eigenvalue weighted by atomic mass is 9.99. The van der Waals surface area contributed by atoms with Crippen LogP contribution < -0.4 is 5.32 Å². The van der Waals surface area contributed by atoms with Crippen molar-refractivity contribution < 1.29 is 39.8 Å². The van der Waals surface area contributed by atoms with E-state index in [9.17, 15) is 30.3 Å². The van der Waals surface area contributed by atoms with Gasteiger partial charge in [-0.05, 0) is 12.8 Å². The topological polar surface area (TPSA) is 149 Å². The van der Waals surface area contributed by atoms with E-state index in [1.54, 1.807) is 0 Å². The number of aliphatic hydroxyl groups is 5. The third kappa shape index (κ3) is 21.8. The molecular weight excluding hydrogens is 598 g/mol. The van der Waals surface area contributed by atoms with Crippen molar-refractivity contribution in [3.63, 3.8) is 0 Å². The van der Waals surface area contributed by atoms with Crippen molar-refractivity contribution in [3.8, 4) is 0 Å². The second kappa shape index (κ2) is 30.1. The third-order valence-electron chi connectivity index (χ3n) is 9.71. The van der Waals surface area contributed by atoms with E-state index in [1.807, 2.05) is 0 Å². The molecule has 6 N–H and O–H groups in total. The number of nitrogens with one attached hydrogen (secondary N) is 1. The number of amides is 1. The van der Waals surface area contributed by atoms with Crippen LogP contribution in [-0.2, 0) is 14.3 Å². The summed E-state index contributed by atoms with van der Waals surface area (Å²) in [5, 5.41) is 54.0. The first kappa shape index (κ1) is 44.2. The molecule has 1 heterocycles. The van der Waals surface area contributed by atoms with E-state index in [-0.39, 0.29) is 12.5 Å². The van der Waals surface area contributed by atoms with Gasteiger partial charge in [-0.15, -0.1) is 0 Å². The van der Waals surface area contributed by atoms with Gasteiger partial charge in [-0.25, -0.2) is 0 Å². The predicted octanol–water partition coefficient (Wildman–Crippen LogP) is 6.83. The SMILES string of the molecule is CCCCCCCCCCCCCCCCCCC(O)C(COC1OC(CO)C(O)C(O)C1O)NC(=O)CCCCCCCCCC. The fourth-order valence-electron chi connectivity index (χ4n) is 6.45. The zero-order valence-electron chi connectivity index (χ0n) is 30.3. The molecule has 47 heavy (non-hydrogen) atoms. The first-order valence-corrected chi connectivity index (χ1v) is 19.7. The van der Waals surface area contributed by atoms with Crippen LogP contribution in [0.25, 0.3) is 0 Å². The van der Waals surface area contributed by atoms with Gasteiger partial charge < -0.3 is 40.3 Å². The van der Waals surface area contributed by atoms with E-state index in [0.29, 0.717) is 12.8 Å². The van der Waals surface area contributed by atoms with Crippen LogP contribution in [0.15, 0.2) is 0 Å². The molecule has 9 nitrogen and oxygen atoms in total. The van der Waals surface area contributed by atoms with Crippen LogP contribution in [0.4, 0.5) is 0 Å². The molecule has 1 aliphatic heterocycles. The minimum Gasteiger partial charge on any atom is -0.394 e. The van der Waals surface area contributed by atoms with Gasteiger partial charge in [-0.3, -0.25) is 4.79 Å². The molecule has 1 fully saturated rings. The van der Waals surface area contributed by atoms with E-state index >= 15 is 0 Å². The van der Waals surface area contributed by atoms with E-state index in [2.05, 4.69) is 19.2 Å². The van der Waals surface area contributed by atoms with E-state index in [4.69, 9.17) is 9.47 Å². The molecule has 1 aliphatic rings. The van der Waals surface area contributed by atoms with Gasteiger partial charge in [-0.2, -0.15) is 0 Å². The number of ether oxygens (including phenoxy) is 2. The number of hydrogen-bond donors (Lipinski definition) is 6. The number of hydrogen-bond acceptors (Lipinski definition) is 8. The first-order chi connectivity index (χ1) is 22.8. The fourth-order valence-corrected chi connectivity index (χ4v) is 6.45. The van der Waals surface area contributed by atoms with Crippen molar-refractivity contribution in [2.24, 2.45) is 0 Å². The zero-order valence-corrected chi connectivity index (χ0v) is 30.3. The van der Waals surface area contributed by atoms with Crippen LogP contribution in [0.2, 0.25) is 0 Å². The van der Waals surface area contributed by atoms with Crippen molar-refractivity contribution in [2.75, 3.05) is 13.2 Å². The molecular formula is C38H75NO8. The monoisotopic (exact) mass is 674 g/mol. The van der Waals surface area contributed by atoms with Gasteiger partial charge in [0.25, 0.3) is 0 Å². The van der Waals surface area contributed by atoms with Crippen LogP contribution in [0.1, 0.15) is 181 Å². The summed E-state index contributed by atoms with van der Waals surface area (Å²) in [5.41, 5.74) is 0. The maximum atomic E-state index is 12.8. The summed E-state index contributed by atoms with van der Waals surface area (Å²) in [6.45, 7) is 3.79. The first-order valence-electron chi connectivity index (χ1n) is 19.7. The Morgan fingerprint density at radius 2 is 1.06 bits per heavy atom. The molecule has 0 bridgehead atoms. The summed E-state index contributed by atoms with van der Waals surface area (Å²) in [6, 6.07) is -0.708. The molecule has 0 aromatic carbocycles. The molecule has 1 rings (SSSR count). The van der Waals surface area contributed by atoms with Gasteiger partial charge in [0.05, 0.1) is 25.4 Å². The van der Waals surface area contributed by atoms with Crippen LogP contribution in [0.3, 0.4) is 0 Å². The number of unbranched alkanes of at least 4 members (excludes halogenated alkanes) is 22. The Bertz CT molecular complexity index is 711. The highest BCUT2D eigenvalue weighted by molar-refractivity contribution is 5.76. The van der Waals surface area contributed by atoms with Crippen molar-refractivity contribution in [1.29, 1.82) is 0 Å². The summed E-state index contributed by atoms with van der Waals surface area (Å²) >= 11 is 0. The van der Waals surface area contributed by atoms with E-state index in [0.717, 1.165) is 38.5 Å². The minimum atomic E-state index is -1.55. The minimum absolute atomic E-state index is 0.133. The maximum absolute atomic E-state index is 12.8. The Labute approximate surface area is 287 Å². The Kier molecular flexibility index (Phi) is 28.3. The number of rotatable bonds is 32. The number of aliphatic hydroxyl groups excluding tert-OH is 5. The van der Waals surface area contributed by atoms with Crippen molar-refractivity contribution >= 4 is 5.91 Å². The molecule has 0 radical (unpaired) electrons. The highest BCUT2D eigenvalue weighted by atomic mass is 16.7. The molecule has 0 aromatic rings. The van der Waals surface area contributed by atoms with Gasteiger partial charge >= 0.3 is 0 Å². The largest absolute Gasteiger partial charge is 0.394 e. The molecule has 0 saturated carbocycles. The number of carbonyl (C=O) groups is 1. The lowest BCUT2D eigenvalue weighted by Gasteiger charge is -2.40. The summed E-state index contributed by atoms with van der Waals surface area (Å²) in [5.74, 6) is -0.149. The zero-order chi connectivity index (χ0) is 34.5. The lowest BCUT2D eigenvalue weighted by molar-refractivity contribution is -0.302. The standard InChI is InChI=1S/C38H75NO8/c1-3-5-7-9-11-13-14-15-16-17-18-19-20-21-23-25-27-32(41)31(39-34(42)28-26-24-22-12-10-8-6-4-2)30-46-38-37(45)36(44)35(43)33(29-40)47-38/h31-33,35-38,40-41,43-45H,3-30H2,1-2H3,(H,39,42). The van der Waals surface area contributed by atoms with Gasteiger partial charge in [0.1, 0.15) is 24.4 Å². The summed E-state index contributed by atoms with van der Waals surface area (Å²) in [4.78, 5) is 12.8. The molecule has 0 spiro atoms. The average Bonchev–Trinajstić information content (AvgIpc) is 3.07. The Balaban J connectivity index is 2.36. The molecule has 7 unspecified atom stereocenters. The van der Waals surface area contributed by atoms with E-state index in [1.165, 1.54) is 116 Å². The highest BCUT2D eigenvalue weighted by Crippen LogP contribution is 2.23. The van der Waals surface area contributed by atoms with Gasteiger partial charge in [-0.1, -0.05) is 162 Å². The molecule has 9 heteroatoms. The second-order valence-electron chi connectivity index (χ2n) is 14.1. The normalized spacial score (nSPS) is 22.7. The van der Waals surface area contributed by atoms with E-state index < -0.39 is 49.5 Å². The Morgan fingerprint density at radius 1 is 0.638 bits per heavy atom. The number of carbonyl (C=O) groups excluding carboxylic acids is 1. The molecule has 1 amide bonds. The quantitative estimate of drug-likeness (QED) is 0.0426. The van der Waals surface area contributed by atoms with Gasteiger partial charge in [0.2, 0.25) is 5.91 Å². The Hall–Kier alpha value is -0.810. The predicted molar refractivity (Wildman–Crippen MR) is 189 cm³/mol. The molecule has 7 atom stereocenters. The van der Waals surface area contributed by atoms with Gasteiger partial charge in [0.15, 0.2) is 6.29 Å². The smallest absolute Gasteiger partial charge is 0.220 e. The molecule has 1 saturated heterocycles. The van der Waals surface area contributed by atoms with Gasteiger partial charge in [0, 0.05) is 6.42 Å². The second-order valence-corrected chi connectivity index (χ2v) is 14.1. The van der Waals surface area contributed by atoms with Crippen LogP contribution in [0.5, 0.6) is 0 Å². The summed E-state index contributed by atoms with van der Waals surface area (Å²) < 4.78 is 11.2.